The first-order valence-electron chi connectivity index (χ1n) is 24.4. The van der Waals surface area contributed by atoms with Crippen molar-refractivity contribution in [3.63, 3.8) is 0 Å². The molecule has 0 bridgehead atoms. The Morgan fingerprint density at radius 1 is 0.507 bits per heavy atom. The fraction of sp³-hybridized carbons (Fsp3) is 0.345. The van der Waals surface area contributed by atoms with Crippen LogP contribution in [0.2, 0.25) is 51.4 Å². The van der Waals surface area contributed by atoms with Crippen LogP contribution in [-0.2, 0) is 38.1 Å². The van der Waals surface area contributed by atoms with Crippen molar-refractivity contribution in [2.24, 2.45) is 0 Å². The van der Waals surface area contributed by atoms with Crippen molar-refractivity contribution >= 4 is 66.9 Å². The number of carbonyl (C=O) groups is 2. The van der Waals surface area contributed by atoms with Gasteiger partial charge >= 0.3 is 416 Å². The molecular weight excluding hydrogens is 1120 g/mol. The second kappa shape index (κ2) is 32.8. The molecule has 0 aliphatic heterocycles. The predicted octanol–water partition coefficient (Wildman–Crippen LogP) is 10.1. The van der Waals surface area contributed by atoms with Crippen LogP contribution < -0.4 is 37.3 Å². The molecule has 75 heavy (non-hydrogen) atoms. The van der Waals surface area contributed by atoms with Gasteiger partial charge in [0.25, 0.3) is 0 Å². The van der Waals surface area contributed by atoms with E-state index in [0.29, 0.717) is 65.4 Å². The normalized spacial score (nSPS) is 11.0. The minimum Gasteiger partial charge on any atom is -0.397 e. The van der Waals surface area contributed by atoms with Crippen LogP contribution in [0.15, 0.2) is 133 Å². The molecule has 0 aliphatic carbocycles. The van der Waals surface area contributed by atoms with Gasteiger partial charge in [-0.1, -0.05) is 19.6 Å². The van der Waals surface area contributed by atoms with Gasteiger partial charge in [-0.2, -0.15) is 0 Å². The standard InChI is InChI=1S/C29H36O6SeSi.C24H24O6Se.C5H14OSi/c1-31-21-35-27-18-25(34-19-22-11-13-24(32-2)14-12-22)17-23(20-36-26-9-7-6-8-10-26)28(27)29(30)33-15-16-37(3,4)5;1-27-16-30-22-13-20(29-14-17-8-10-19(28-2)11-9-17)12-18(23(22)24(25)26)15-31-21-6-4-3-5-7-21;1-7(2,3)5-4-6/h6-14,17-18H,15-16,19-21H2,1-5H3;3-13H,14-16H2,1-2H3,(H,25,26);6H,4-5H2,1-3H3. The monoisotopic (exact) mass is 1190 g/mol. The fourth-order valence-electron chi connectivity index (χ4n) is 6.62. The van der Waals surface area contributed by atoms with E-state index in [4.69, 9.17) is 47.7 Å². The van der Waals surface area contributed by atoms with Crippen molar-refractivity contribution in [1.82, 2.24) is 0 Å². The summed E-state index contributed by atoms with van der Waals surface area (Å²) < 4.78 is 52.3. The Balaban J connectivity index is 0.000000291. The van der Waals surface area contributed by atoms with Gasteiger partial charge in [-0.15, -0.1) is 0 Å². The van der Waals surface area contributed by atoms with Gasteiger partial charge in [0.15, 0.2) is 0 Å². The number of aliphatic hydroxyl groups excluding tert-OH is 1. The van der Waals surface area contributed by atoms with E-state index >= 15 is 0 Å². The smallest absolute Gasteiger partial charge is 0.0465 e. The Morgan fingerprint density at radius 3 is 1.28 bits per heavy atom. The molecule has 0 aliphatic rings. The van der Waals surface area contributed by atoms with Crippen molar-refractivity contribution in [3.8, 4) is 34.5 Å². The van der Waals surface area contributed by atoms with E-state index in [-0.39, 0.29) is 60.8 Å². The number of carbonyl (C=O) groups excluding carboxylic acids is 1. The number of hydrogen-bond donors (Lipinski definition) is 2. The largest absolute Gasteiger partial charge is 0.397 e. The maximum atomic E-state index is 13.3. The SMILES string of the molecule is COCOc1cc(OCc2ccc(OC)cc2)cc(C[Se]c2ccccc2)c1C(=O)O.COCOc1cc(OCc2ccc(OC)cc2)cc(C[Se]c2ccccc2)c1C(=O)OCC[Si](C)(C)C.C[Si](C)(C)CCO. The van der Waals surface area contributed by atoms with Crippen molar-refractivity contribution in [2.45, 2.75) is 75.2 Å². The average Bonchev–Trinajstić information content (AvgIpc) is 3.39. The van der Waals surface area contributed by atoms with E-state index in [2.05, 4.69) is 51.4 Å². The van der Waals surface area contributed by atoms with Gasteiger partial charge in [-0.3, -0.25) is 0 Å². The number of aromatic carboxylic acids is 1. The number of carboxylic acids is 1. The van der Waals surface area contributed by atoms with Crippen molar-refractivity contribution < 1.29 is 62.4 Å². The van der Waals surface area contributed by atoms with E-state index in [9.17, 15) is 14.7 Å². The molecule has 2 N–H and O–H groups in total. The maximum Gasteiger partial charge on any atom is 0.0465 e. The van der Waals surface area contributed by atoms with E-state index < -0.39 is 22.1 Å². The summed E-state index contributed by atoms with van der Waals surface area (Å²) >= 11 is 0.181. The van der Waals surface area contributed by atoms with Gasteiger partial charge in [0.05, 0.1) is 0 Å². The summed E-state index contributed by atoms with van der Waals surface area (Å²) in [6.07, 6.45) is 0. The van der Waals surface area contributed by atoms with Crippen LogP contribution in [0.4, 0.5) is 0 Å². The zero-order chi connectivity index (χ0) is 54.6. The van der Waals surface area contributed by atoms with E-state index in [0.717, 1.165) is 40.3 Å². The minimum absolute atomic E-state index is 0.0143. The Hall–Kier alpha value is -5.59. The predicted molar refractivity (Wildman–Crippen MR) is 304 cm³/mol. The molecular formula is C58H74O13Se2Si2. The third-order valence-electron chi connectivity index (χ3n) is 10.7. The quantitative estimate of drug-likeness (QED) is 0.0286. The number of hydrogen-bond acceptors (Lipinski definition) is 12. The van der Waals surface area contributed by atoms with Gasteiger partial charge in [0.2, 0.25) is 0 Å². The summed E-state index contributed by atoms with van der Waals surface area (Å²) in [7, 11) is 4.05. The van der Waals surface area contributed by atoms with Crippen molar-refractivity contribution in [3.05, 3.63) is 167 Å². The van der Waals surface area contributed by atoms with Crippen molar-refractivity contribution in [2.75, 3.05) is 55.2 Å². The first-order valence-corrected chi connectivity index (χ1v) is 36.0. The van der Waals surface area contributed by atoms with E-state index in [1.807, 2.05) is 103 Å². The van der Waals surface area contributed by atoms with Crippen LogP contribution in [0.5, 0.6) is 34.5 Å². The summed E-state index contributed by atoms with van der Waals surface area (Å²) in [5, 5.41) is 19.6. The topological polar surface area (TPSA) is 158 Å². The van der Waals surface area contributed by atoms with Crippen LogP contribution in [0.1, 0.15) is 43.0 Å². The number of ether oxygens (including phenoxy) is 9. The van der Waals surface area contributed by atoms with E-state index in [1.165, 1.54) is 16.0 Å². The Bertz CT molecular complexity index is 2610. The summed E-state index contributed by atoms with van der Waals surface area (Å²) in [6, 6.07) is 44.6. The van der Waals surface area contributed by atoms with Gasteiger partial charge in [0.1, 0.15) is 0 Å². The third kappa shape index (κ3) is 23.5. The van der Waals surface area contributed by atoms with Gasteiger partial charge in [0, 0.05) is 14.7 Å². The third-order valence-corrected chi connectivity index (χ3v) is 18.6. The van der Waals surface area contributed by atoms with Crippen LogP contribution >= 0.6 is 0 Å². The number of benzene rings is 6. The summed E-state index contributed by atoms with van der Waals surface area (Å²) in [4.78, 5) is 25.3. The average molecular weight is 1190 g/mol. The molecule has 6 aromatic carbocycles. The zero-order valence-electron chi connectivity index (χ0n) is 45.0. The molecule has 0 radical (unpaired) electrons. The fourth-order valence-corrected chi connectivity index (χ4v) is 11.8. The molecule has 6 rings (SSSR count). The molecule has 0 unspecified atom stereocenters. The van der Waals surface area contributed by atoms with E-state index in [1.54, 1.807) is 39.5 Å². The molecule has 0 saturated heterocycles. The Morgan fingerprint density at radius 2 is 0.920 bits per heavy atom. The first-order chi connectivity index (χ1) is 35.9. The summed E-state index contributed by atoms with van der Waals surface area (Å²) in [6.45, 7) is 15.0. The molecule has 0 amide bonds. The second-order valence-corrected chi connectivity index (χ2v) is 34.9. The molecule has 404 valence electrons. The molecule has 0 spiro atoms. The molecule has 0 aromatic heterocycles. The van der Waals surface area contributed by atoms with Crippen LogP contribution in [0.25, 0.3) is 0 Å². The molecule has 0 heterocycles. The molecule has 0 fully saturated rings. The molecule has 0 saturated carbocycles. The summed E-state index contributed by atoms with van der Waals surface area (Å²) in [5.41, 5.74) is 4.09. The molecule has 17 heteroatoms. The summed E-state index contributed by atoms with van der Waals surface area (Å²) in [5.74, 6) is 1.98. The first kappa shape index (κ1) is 62.0. The molecule has 13 nitrogen and oxygen atoms in total. The number of rotatable bonds is 27. The zero-order valence-corrected chi connectivity index (χ0v) is 50.4. The number of esters is 1. The maximum absolute atomic E-state index is 13.3. The van der Waals surface area contributed by atoms with Crippen molar-refractivity contribution in [1.29, 1.82) is 0 Å². The number of aliphatic hydroxyl groups is 1. The second-order valence-electron chi connectivity index (χ2n) is 19.3. The minimum atomic E-state index is -1.34. The Labute approximate surface area is 458 Å². The number of carboxylic acid groups (broad SMARTS) is 1. The van der Waals surface area contributed by atoms with Crippen LogP contribution in [-0.4, -0.2) is 123 Å². The van der Waals surface area contributed by atoms with Gasteiger partial charge < -0.3 is 5.11 Å². The Kier molecular flexibility index (Phi) is 27.1. The van der Waals surface area contributed by atoms with Crippen LogP contribution in [0.3, 0.4) is 0 Å². The van der Waals surface area contributed by atoms with Gasteiger partial charge in [-0.25, -0.2) is 0 Å². The molecule has 0 atom stereocenters. The molecule has 6 aromatic rings. The van der Waals surface area contributed by atoms with Gasteiger partial charge in [-0.05, 0) is 6.04 Å². The van der Waals surface area contributed by atoms with Crippen LogP contribution in [0, 0.1) is 0 Å². The number of methoxy groups -OCH3 is 4.